The van der Waals surface area contributed by atoms with Crippen molar-refractivity contribution in [2.75, 3.05) is 13.1 Å². The number of carbonyl (C=O) groups excluding carboxylic acids is 1. The molecule has 0 aromatic carbocycles. The first-order chi connectivity index (χ1) is 9.40. The van der Waals surface area contributed by atoms with Gasteiger partial charge in [-0.3, -0.25) is 4.79 Å². The zero-order chi connectivity index (χ0) is 14.0. The number of nitrogens with one attached hydrogen (secondary N) is 2. The molecule has 4 bridgehead atoms. The maximum absolute atomic E-state index is 12.6. The summed E-state index contributed by atoms with van der Waals surface area (Å²) in [6.45, 7) is 6.81. The van der Waals surface area contributed by atoms with Gasteiger partial charge in [0.1, 0.15) is 0 Å². The van der Waals surface area contributed by atoms with E-state index in [4.69, 9.17) is 0 Å². The summed E-state index contributed by atoms with van der Waals surface area (Å²) in [5.74, 6) is 1.39. The Kier molecular flexibility index (Phi) is 2.62. The standard InChI is InChI=1S/C17H28N2O/c1-15-5-12-6-16(2,9-15)11-17(7-12,10-15)19-14(20)13-3-4-18-8-13/h12-13,18H,3-11H2,1-2H3,(H,19,20). The molecule has 5 rings (SSSR count). The summed E-state index contributed by atoms with van der Waals surface area (Å²) in [6.07, 6.45) is 8.86. The van der Waals surface area contributed by atoms with E-state index in [-0.39, 0.29) is 11.5 Å². The van der Waals surface area contributed by atoms with Crippen molar-refractivity contribution in [3.05, 3.63) is 0 Å². The first-order valence-corrected chi connectivity index (χ1v) is 8.42. The molecule has 5 fully saturated rings. The molecular weight excluding hydrogens is 248 g/mol. The van der Waals surface area contributed by atoms with Crippen molar-refractivity contribution in [1.29, 1.82) is 0 Å². The Balaban J connectivity index is 1.56. The molecule has 1 aliphatic heterocycles. The molecule has 2 N–H and O–H groups in total. The van der Waals surface area contributed by atoms with Crippen LogP contribution < -0.4 is 10.6 Å². The molecule has 0 aromatic heterocycles. The number of carbonyl (C=O) groups is 1. The van der Waals surface area contributed by atoms with Gasteiger partial charge in [0.25, 0.3) is 0 Å². The summed E-state index contributed by atoms with van der Waals surface area (Å²) < 4.78 is 0. The van der Waals surface area contributed by atoms with Gasteiger partial charge in [-0.05, 0) is 68.2 Å². The third-order valence-electron chi connectivity index (χ3n) is 6.45. The molecule has 4 aliphatic carbocycles. The van der Waals surface area contributed by atoms with E-state index < -0.39 is 0 Å². The number of hydrogen-bond acceptors (Lipinski definition) is 2. The maximum Gasteiger partial charge on any atom is 0.224 e. The highest BCUT2D eigenvalue weighted by molar-refractivity contribution is 5.80. The zero-order valence-corrected chi connectivity index (χ0v) is 12.9. The van der Waals surface area contributed by atoms with Gasteiger partial charge >= 0.3 is 0 Å². The summed E-state index contributed by atoms with van der Waals surface area (Å²) in [6, 6.07) is 0. The number of amides is 1. The average Bonchev–Trinajstić information content (AvgIpc) is 2.75. The molecule has 5 aliphatic rings. The Morgan fingerprint density at radius 2 is 1.80 bits per heavy atom. The predicted octanol–water partition coefficient (Wildman–Crippen LogP) is 2.46. The van der Waals surface area contributed by atoms with E-state index in [0.29, 0.717) is 16.7 Å². The van der Waals surface area contributed by atoms with Gasteiger partial charge in [0.15, 0.2) is 0 Å². The van der Waals surface area contributed by atoms with E-state index in [1.54, 1.807) is 0 Å². The molecule has 0 spiro atoms. The highest BCUT2D eigenvalue weighted by Crippen LogP contribution is 2.66. The van der Waals surface area contributed by atoms with Gasteiger partial charge in [0.2, 0.25) is 5.91 Å². The summed E-state index contributed by atoms with van der Waals surface area (Å²) >= 11 is 0. The van der Waals surface area contributed by atoms with Crippen LogP contribution in [0, 0.1) is 22.7 Å². The molecule has 3 unspecified atom stereocenters. The minimum atomic E-state index is 0.128. The van der Waals surface area contributed by atoms with Crippen molar-refractivity contribution in [3.8, 4) is 0 Å². The lowest BCUT2D eigenvalue weighted by atomic mass is 9.42. The quantitative estimate of drug-likeness (QED) is 0.813. The molecule has 3 nitrogen and oxygen atoms in total. The van der Waals surface area contributed by atoms with Crippen LogP contribution in [-0.4, -0.2) is 24.5 Å². The lowest BCUT2D eigenvalue weighted by Gasteiger charge is -2.65. The minimum absolute atomic E-state index is 0.128. The van der Waals surface area contributed by atoms with Gasteiger partial charge in [0.05, 0.1) is 5.92 Å². The van der Waals surface area contributed by atoms with Crippen LogP contribution in [0.15, 0.2) is 0 Å². The third kappa shape index (κ3) is 2.01. The van der Waals surface area contributed by atoms with Crippen molar-refractivity contribution < 1.29 is 4.79 Å². The fraction of sp³-hybridized carbons (Fsp3) is 0.941. The monoisotopic (exact) mass is 276 g/mol. The average molecular weight is 276 g/mol. The van der Waals surface area contributed by atoms with E-state index in [2.05, 4.69) is 24.5 Å². The Labute approximate surface area is 122 Å². The molecule has 0 aromatic rings. The van der Waals surface area contributed by atoms with E-state index >= 15 is 0 Å². The van der Waals surface area contributed by atoms with E-state index in [0.717, 1.165) is 25.4 Å². The highest BCUT2D eigenvalue weighted by atomic mass is 16.2. The topological polar surface area (TPSA) is 41.1 Å². The lowest BCUT2D eigenvalue weighted by molar-refractivity contribution is -0.142. The van der Waals surface area contributed by atoms with Gasteiger partial charge in [-0.1, -0.05) is 13.8 Å². The van der Waals surface area contributed by atoms with Gasteiger partial charge in [-0.15, -0.1) is 0 Å². The fourth-order valence-corrected chi connectivity index (χ4v) is 6.83. The second kappa shape index (κ2) is 4.00. The first-order valence-electron chi connectivity index (χ1n) is 8.42. The second-order valence-electron chi connectivity index (χ2n) is 9.09. The van der Waals surface area contributed by atoms with Crippen molar-refractivity contribution >= 4 is 5.91 Å². The van der Waals surface area contributed by atoms with Crippen LogP contribution in [0.1, 0.15) is 58.8 Å². The largest absolute Gasteiger partial charge is 0.350 e. The highest BCUT2D eigenvalue weighted by Gasteiger charge is 2.60. The second-order valence-corrected chi connectivity index (χ2v) is 9.09. The Hall–Kier alpha value is -0.570. The van der Waals surface area contributed by atoms with Crippen LogP contribution in [0.4, 0.5) is 0 Å². The van der Waals surface area contributed by atoms with Crippen LogP contribution in [0.3, 0.4) is 0 Å². The van der Waals surface area contributed by atoms with Crippen molar-refractivity contribution in [2.45, 2.75) is 64.3 Å². The summed E-state index contributed by atoms with van der Waals surface area (Å²) in [5, 5.41) is 6.85. The fourth-order valence-electron chi connectivity index (χ4n) is 6.83. The predicted molar refractivity (Wildman–Crippen MR) is 79.3 cm³/mol. The molecule has 20 heavy (non-hydrogen) atoms. The Bertz CT molecular complexity index is 422. The van der Waals surface area contributed by atoms with Crippen LogP contribution in [0.25, 0.3) is 0 Å². The summed E-state index contributed by atoms with van der Waals surface area (Å²) in [5.41, 5.74) is 1.09. The van der Waals surface area contributed by atoms with Crippen LogP contribution in [-0.2, 0) is 4.79 Å². The molecule has 0 radical (unpaired) electrons. The molecule has 1 saturated heterocycles. The third-order valence-corrected chi connectivity index (χ3v) is 6.45. The van der Waals surface area contributed by atoms with E-state index in [1.165, 1.54) is 38.5 Å². The SMILES string of the molecule is CC12CC3CC(C)(C1)CC(NC(=O)C1CCNC1)(C3)C2. The van der Waals surface area contributed by atoms with Crippen LogP contribution >= 0.6 is 0 Å². The van der Waals surface area contributed by atoms with Gasteiger partial charge in [-0.25, -0.2) is 0 Å². The Morgan fingerprint density at radius 3 is 2.35 bits per heavy atom. The van der Waals surface area contributed by atoms with Gasteiger partial charge in [-0.2, -0.15) is 0 Å². The van der Waals surface area contributed by atoms with Crippen molar-refractivity contribution in [2.24, 2.45) is 22.7 Å². The van der Waals surface area contributed by atoms with Gasteiger partial charge in [0, 0.05) is 12.1 Å². The van der Waals surface area contributed by atoms with E-state index in [9.17, 15) is 4.79 Å². The molecule has 4 saturated carbocycles. The smallest absolute Gasteiger partial charge is 0.224 e. The zero-order valence-electron chi connectivity index (χ0n) is 12.9. The van der Waals surface area contributed by atoms with Gasteiger partial charge < -0.3 is 10.6 Å². The number of hydrogen-bond donors (Lipinski definition) is 2. The summed E-state index contributed by atoms with van der Waals surface area (Å²) in [7, 11) is 0. The van der Waals surface area contributed by atoms with Crippen LogP contribution in [0.2, 0.25) is 0 Å². The maximum atomic E-state index is 12.6. The molecule has 3 heteroatoms. The van der Waals surface area contributed by atoms with E-state index in [1.807, 2.05) is 0 Å². The molecule has 1 amide bonds. The molecular formula is C17H28N2O. The Morgan fingerprint density at radius 1 is 1.10 bits per heavy atom. The van der Waals surface area contributed by atoms with Crippen molar-refractivity contribution in [1.82, 2.24) is 10.6 Å². The first kappa shape index (κ1) is 13.1. The minimum Gasteiger partial charge on any atom is -0.350 e. The van der Waals surface area contributed by atoms with Crippen LogP contribution in [0.5, 0.6) is 0 Å². The number of rotatable bonds is 2. The molecule has 3 atom stereocenters. The summed E-state index contributed by atoms with van der Waals surface area (Å²) in [4.78, 5) is 12.6. The normalized spacial score (nSPS) is 53.3. The molecule has 1 heterocycles. The lowest BCUT2D eigenvalue weighted by Crippen LogP contribution is -2.65. The van der Waals surface area contributed by atoms with Crippen molar-refractivity contribution in [3.63, 3.8) is 0 Å². The molecule has 112 valence electrons.